The van der Waals surface area contributed by atoms with Gasteiger partial charge in [-0.15, -0.1) is 0 Å². The summed E-state index contributed by atoms with van der Waals surface area (Å²) >= 11 is 6.00. The van der Waals surface area contributed by atoms with Gasteiger partial charge < -0.3 is 10.1 Å². The number of nitrogens with one attached hydrogen (secondary N) is 1. The monoisotopic (exact) mass is 301 g/mol. The van der Waals surface area contributed by atoms with Crippen molar-refractivity contribution >= 4 is 23.2 Å². The summed E-state index contributed by atoms with van der Waals surface area (Å²) in [6.45, 7) is 0. The first-order chi connectivity index (χ1) is 10.2. The van der Waals surface area contributed by atoms with Gasteiger partial charge in [0.15, 0.2) is 0 Å². The molecule has 0 unspecified atom stereocenters. The number of methoxy groups -OCH3 is 1. The summed E-state index contributed by atoms with van der Waals surface area (Å²) in [5.74, 6) is 0.603. The number of benzene rings is 2. The third kappa shape index (κ3) is 2.61. The number of halogens is 1. The van der Waals surface area contributed by atoms with E-state index in [0.29, 0.717) is 16.5 Å². The highest BCUT2D eigenvalue weighted by Crippen LogP contribution is 2.49. The van der Waals surface area contributed by atoms with Gasteiger partial charge in [-0.3, -0.25) is 4.79 Å². The predicted octanol–water partition coefficient (Wildman–Crippen LogP) is 4.02. The molecule has 0 spiro atoms. The number of carbonyl (C=O) groups excluding carboxylic acids is 1. The minimum atomic E-state index is -0.408. The summed E-state index contributed by atoms with van der Waals surface area (Å²) in [6.07, 6.45) is 1.73. The van der Waals surface area contributed by atoms with Crippen molar-refractivity contribution in [3.05, 3.63) is 59.1 Å². The number of amides is 1. The van der Waals surface area contributed by atoms with Crippen molar-refractivity contribution in [2.75, 3.05) is 12.4 Å². The molecule has 4 heteroatoms. The van der Waals surface area contributed by atoms with Gasteiger partial charge in [-0.05, 0) is 36.6 Å². The zero-order valence-electron chi connectivity index (χ0n) is 11.7. The summed E-state index contributed by atoms with van der Waals surface area (Å²) < 4.78 is 5.27. The number of hydrogen-bond donors (Lipinski definition) is 1. The number of anilines is 1. The molecule has 0 heterocycles. The summed E-state index contributed by atoms with van der Waals surface area (Å²) in [6, 6.07) is 15.1. The number of carbonyl (C=O) groups is 1. The molecule has 0 atom stereocenters. The van der Waals surface area contributed by atoms with E-state index < -0.39 is 5.41 Å². The first-order valence-electron chi connectivity index (χ1n) is 6.86. The maximum absolute atomic E-state index is 12.7. The molecular formula is C17H16ClNO2. The first kappa shape index (κ1) is 14.0. The molecule has 3 rings (SSSR count). The van der Waals surface area contributed by atoms with Gasteiger partial charge >= 0.3 is 0 Å². The van der Waals surface area contributed by atoms with Crippen LogP contribution in [0.5, 0.6) is 5.75 Å². The SMILES string of the molecule is COc1ccc(Cl)cc1NC(=O)C1(c2ccccc2)CC1. The van der Waals surface area contributed by atoms with Crippen LogP contribution in [-0.2, 0) is 10.2 Å². The fourth-order valence-electron chi connectivity index (χ4n) is 2.55. The number of hydrogen-bond acceptors (Lipinski definition) is 2. The van der Waals surface area contributed by atoms with Gasteiger partial charge in [0.2, 0.25) is 5.91 Å². The molecular weight excluding hydrogens is 286 g/mol. The van der Waals surface area contributed by atoms with Crippen LogP contribution in [0, 0.1) is 0 Å². The second-order valence-corrected chi connectivity index (χ2v) is 5.68. The highest BCUT2D eigenvalue weighted by atomic mass is 35.5. The molecule has 0 saturated heterocycles. The molecule has 1 amide bonds. The third-order valence-electron chi connectivity index (χ3n) is 3.92. The highest BCUT2D eigenvalue weighted by Gasteiger charge is 2.51. The maximum atomic E-state index is 12.7. The van der Waals surface area contributed by atoms with Gasteiger partial charge in [0, 0.05) is 5.02 Å². The Kier molecular flexibility index (Phi) is 3.60. The lowest BCUT2D eigenvalue weighted by Gasteiger charge is -2.17. The quantitative estimate of drug-likeness (QED) is 0.926. The van der Waals surface area contributed by atoms with Crippen molar-refractivity contribution in [3.63, 3.8) is 0 Å². The second-order valence-electron chi connectivity index (χ2n) is 5.25. The minimum absolute atomic E-state index is 0.00531. The second kappa shape index (κ2) is 5.41. The van der Waals surface area contributed by atoms with Crippen LogP contribution < -0.4 is 10.1 Å². The van der Waals surface area contributed by atoms with Crippen molar-refractivity contribution in [1.82, 2.24) is 0 Å². The maximum Gasteiger partial charge on any atom is 0.235 e. The zero-order chi connectivity index (χ0) is 14.9. The normalized spacial score (nSPS) is 15.3. The van der Waals surface area contributed by atoms with Crippen molar-refractivity contribution in [1.29, 1.82) is 0 Å². The third-order valence-corrected chi connectivity index (χ3v) is 4.16. The van der Waals surface area contributed by atoms with E-state index in [9.17, 15) is 4.79 Å². The number of ether oxygens (including phenoxy) is 1. The van der Waals surface area contributed by atoms with Crippen molar-refractivity contribution in [2.45, 2.75) is 18.3 Å². The van der Waals surface area contributed by atoms with E-state index in [0.717, 1.165) is 18.4 Å². The smallest absolute Gasteiger partial charge is 0.235 e. The number of rotatable bonds is 4. The molecule has 1 N–H and O–H groups in total. The lowest BCUT2D eigenvalue weighted by Crippen LogP contribution is -2.27. The van der Waals surface area contributed by atoms with E-state index in [4.69, 9.17) is 16.3 Å². The topological polar surface area (TPSA) is 38.3 Å². The average molecular weight is 302 g/mol. The highest BCUT2D eigenvalue weighted by molar-refractivity contribution is 6.31. The van der Waals surface area contributed by atoms with Crippen LogP contribution >= 0.6 is 11.6 Å². The molecule has 3 nitrogen and oxygen atoms in total. The molecule has 1 fully saturated rings. The lowest BCUT2D eigenvalue weighted by atomic mass is 9.95. The molecule has 1 aliphatic carbocycles. The summed E-state index contributed by atoms with van der Waals surface area (Å²) in [4.78, 5) is 12.7. The van der Waals surface area contributed by atoms with Crippen LogP contribution in [-0.4, -0.2) is 13.0 Å². The van der Waals surface area contributed by atoms with Crippen LogP contribution in [0.25, 0.3) is 0 Å². The van der Waals surface area contributed by atoms with Gasteiger partial charge in [0.25, 0.3) is 0 Å². The molecule has 2 aromatic carbocycles. The van der Waals surface area contributed by atoms with Crippen LogP contribution in [0.2, 0.25) is 5.02 Å². The van der Waals surface area contributed by atoms with E-state index in [-0.39, 0.29) is 5.91 Å². The zero-order valence-corrected chi connectivity index (χ0v) is 12.5. The van der Waals surface area contributed by atoms with Gasteiger partial charge in [0.05, 0.1) is 18.2 Å². The van der Waals surface area contributed by atoms with Crippen molar-refractivity contribution in [3.8, 4) is 5.75 Å². The van der Waals surface area contributed by atoms with E-state index in [1.807, 2.05) is 30.3 Å². The fraction of sp³-hybridized carbons (Fsp3) is 0.235. The Labute approximate surface area is 128 Å². The van der Waals surface area contributed by atoms with Crippen LogP contribution in [0.15, 0.2) is 48.5 Å². The van der Waals surface area contributed by atoms with E-state index in [1.165, 1.54) is 0 Å². The lowest BCUT2D eigenvalue weighted by molar-refractivity contribution is -0.118. The predicted molar refractivity (Wildman–Crippen MR) is 84.0 cm³/mol. The molecule has 21 heavy (non-hydrogen) atoms. The van der Waals surface area contributed by atoms with Crippen molar-refractivity contribution < 1.29 is 9.53 Å². The summed E-state index contributed by atoms with van der Waals surface area (Å²) in [7, 11) is 1.57. The van der Waals surface area contributed by atoms with Crippen LogP contribution in [0.1, 0.15) is 18.4 Å². The van der Waals surface area contributed by atoms with Crippen molar-refractivity contribution in [2.24, 2.45) is 0 Å². The van der Waals surface area contributed by atoms with Gasteiger partial charge in [-0.25, -0.2) is 0 Å². The van der Waals surface area contributed by atoms with Gasteiger partial charge in [-0.1, -0.05) is 41.9 Å². The molecule has 0 radical (unpaired) electrons. The fourth-order valence-corrected chi connectivity index (χ4v) is 2.72. The molecule has 0 aliphatic heterocycles. The molecule has 1 aliphatic rings. The average Bonchev–Trinajstić information content (AvgIpc) is 3.30. The van der Waals surface area contributed by atoms with Crippen LogP contribution in [0.4, 0.5) is 5.69 Å². The molecule has 1 saturated carbocycles. The first-order valence-corrected chi connectivity index (χ1v) is 7.24. The molecule has 0 aromatic heterocycles. The Bertz CT molecular complexity index is 666. The van der Waals surface area contributed by atoms with Crippen LogP contribution in [0.3, 0.4) is 0 Å². The summed E-state index contributed by atoms with van der Waals surface area (Å²) in [5, 5.41) is 3.52. The molecule has 108 valence electrons. The minimum Gasteiger partial charge on any atom is -0.495 e. The summed E-state index contributed by atoms with van der Waals surface area (Å²) in [5.41, 5.74) is 1.26. The molecule has 0 bridgehead atoms. The van der Waals surface area contributed by atoms with Gasteiger partial charge in [0.1, 0.15) is 5.75 Å². The Balaban J connectivity index is 1.86. The Morgan fingerprint density at radius 1 is 1.19 bits per heavy atom. The molecule has 2 aromatic rings. The van der Waals surface area contributed by atoms with Gasteiger partial charge in [-0.2, -0.15) is 0 Å². The Hall–Kier alpha value is -2.00. The van der Waals surface area contributed by atoms with E-state index in [2.05, 4.69) is 5.32 Å². The largest absolute Gasteiger partial charge is 0.495 e. The standard InChI is InChI=1S/C17H16ClNO2/c1-21-15-8-7-13(18)11-14(15)19-16(20)17(9-10-17)12-5-3-2-4-6-12/h2-8,11H,9-10H2,1H3,(H,19,20). The van der Waals surface area contributed by atoms with E-state index >= 15 is 0 Å². The Morgan fingerprint density at radius 3 is 2.52 bits per heavy atom. The Morgan fingerprint density at radius 2 is 1.90 bits per heavy atom. The van der Waals surface area contributed by atoms with E-state index in [1.54, 1.807) is 25.3 Å².